The molecule has 0 spiro atoms. The van der Waals surface area contributed by atoms with E-state index in [1.54, 1.807) is 25.9 Å². The Hall–Kier alpha value is -3.44. The van der Waals surface area contributed by atoms with E-state index in [2.05, 4.69) is 0 Å². The molecule has 0 heterocycles. The fourth-order valence-electron chi connectivity index (χ4n) is 5.74. The summed E-state index contributed by atoms with van der Waals surface area (Å²) >= 11 is 0. The molecule has 35 heavy (non-hydrogen) atoms. The van der Waals surface area contributed by atoms with Crippen molar-refractivity contribution in [2.45, 2.75) is 37.9 Å². The van der Waals surface area contributed by atoms with Crippen molar-refractivity contribution in [1.82, 2.24) is 0 Å². The van der Waals surface area contributed by atoms with Crippen molar-refractivity contribution in [3.63, 3.8) is 0 Å². The summed E-state index contributed by atoms with van der Waals surface area (Å²) in [6.07, 6.45) is -1.40. The van der Waals surface area contributed by atoms with Gasteiger partial charge in [0, 0.05) is 31.3 Å². The number of aliphatic hydroxyl groups is 3. The van der Waals surface area contributed by atoms with E-state index >= 15 is 0 Å². The maximum Gasteiger partial charge on any atom is 0.342 e. The second-order valence-corrected chi connectivity index (χ2v) is 9.50. The Labute approximate surface area is 200 Å². The van der Waals surface area contributed by atoms with Crippen molar-refractivity contribution in [1.29, 1.82) is 0 Å². The number of aliphatic hydroxyl groups excluding tert-OH is 2. The third kappa shape index (κ3) is 3.41. The number of hydrogen-bond acceptors (Lipinski definition) is 10. The Morgan fingerprint density at radius 2 is 1.89 bits per heavy atom. The second kappa shape index (κ2) is 8.35. The monoisotopic (exact) mass is 488 g/mol. The van der Waals surface area contributed by atoms with Gasteiger partial charge in [0.1, 0.15) is 23.0 Å². The lowest BCUT2D eigenvalue weighted by atomic mass is 9.57. The lowest BCUT2D eigenvalue weighted by Gasteiger charge is -2.48. The zero-order chi connectivity index (χ0) is 26.0. The first-order chi connectivity index (χ1) is 16.4. The summed E-state index contributed by atoms with van der Waals surface area (Å²) in [6, 6.07) is 1.43. The van der Waals surface area contributed by atoms with Crippen LogP contribution in [-0.2, 0) is 20.7 Å². The normalized spacial score (nSPS) is 29.7. The van der Waals surface area contributed by atoms with Gasteiger partial charge in [-0.25, -0.2) is 4.79 Å². The van der Waals surface area contributed by atoms with Crippen LogP contribution < -0.4 is 10.6 Å². The van der Waals surface area contributed by atoms with Gasteiger partial charge in [0.2, 0.25) is 5.91 Å². The summed E-state index contributed by atoms with van der Waals surface area (Å²) in [4.78, 5) is 52.7. The molecule has 0 bridgehead atoms. The number of hydrogen-bond donors (Lipinski definition) is 5. The SMILES string of the molecule is CCOC(=O)c1cc(N(C)C)c2c(c1O)C(=O)C1=C(O)[C@]3(O)C(=O)C(C(N)=O)C(O)C[C@@H]3C[C@@H]1C2. The number of benzene rings is 1. The summed E-state index contributed by atoms with van der Waals surface area (Å²) < 4.78 is 5.00. The van der Waals surface area contributed by atoms with E-state index in [0.717, 1.165) is 0 Å². The van der Waals surface area contributed by atoms with Gasteiger partial charge < -0.3 is 35.8 Å². The molecular weight excluding hydrogens is 460 g/mol. The standard InChI is InChI=1S/C24H28N2O9/c1-4-35-23(33)12-8-13(26(2)3)11-6-9-5-10-7-14(27)17(22(25)32)21(31)24(10,34)20(30)15(9)19(29)16(11)18(12)28/h8-10,14,17,27-28,30,34H,4-7H2,1-3H3,(H2,25,32)/t9-,10+,14?,17?,24+/m1/s1. The van der Waals surface area contributed by atoms with Crippen molar-refractivity contribution < 1.29 is 44.3 Å². The number of Topliss-reactive ketones (excluding diaryl/α,β-unsaturated/α-hetero) is 2. The number of primary amides is 1. The van der Waals surface area contributed by atoms with E-state index in [1.165, 1.54) is 6.07 Å². The van der Waals surface area contributed by atoms with E-state index in [9.17, 15) is 39.6 Å². The van der Waals surface area contributed by atoms with Crippen molar-refractivity contribution >= 4 is 29.1 Å². The van der Waals surface area contributed by atoms with Crippen molar-refractivity contribution in [2.75, 3.05) is 25.6 Å². The first kappa shape index (κ1) is 24.7. The molecule has 11 heteroatoms. The van der Waals surface area contributed by atoms with E-state index in [-0.39, 0.29) is 42.6 Å². The Morgan fingerprint density at radius 1 is 1.23 bits per heavy atom. The van der Waals surface area contributed by atoms with Crippen LogP contribution in [0.5, 0.6) is 5.75 Å². The maximum atomic E-state index is 13.7. The molecule has 1 fully saturated rings. The number of ketones is 2. The van der Waals surface area contributed by atoms with Crippen LogP contribution in [-0.4, -0.2) is 76.3 Å². The van der Waals surface area contributed by atoms with Gasteiger partial charge in [0.15, 0.2) is 17.2 Å². The minimum Gasteiger partial charge on any atom is -0.508 e. The van der Waals surface area contributed by atoms with E-state index < -0.39 is 64.4 Å². The molecule has 6 N–H and O–H groups in total. The molecule has 11 nitrogen and oxygen atoms in total. The number of nitrogens with zero attached hydrogens (tertiary/aromatic N) is 1. The van der Waals surface area contributed by atoms with Crippen LogP contribution in [0.1, 0.15) is 46.0 Å². The minimum absolute atomic E-state index is 0.0397. The molecule has 188 valence electrons. The predicted octanol–water partition coefficient (Wildman–Crippen LogP) is -0.0118. The highest BCUT2D eigenvalue weighted by molar-refractivity contribution is 6.17. The zero-order valence-corrected chi connectivity index (χ0v) is 19.6. The number of nitrogens with two attached hydrogens (primary N) is 1. The number of carbonyl (C=O) groups excluding carboxylic acids is 4. The van der Waals surface area contributed by atoms with Gasteiger partial charge in [0.05, 0.1) is 18.3 Å². The first-order valence-electron chi connectivity index (χ1n) is 11.3. The summed E-state index contributed by atoms with van der Waals surface area (Å²) in [5.74, 6) is -8.89. The predicted molar refractivity (Wildman–Crippen MR) is 121 cm³/mol. The molecular formula is C24H28N2O9. The van der Waals surface area contributed by atoms with Crippen LogP contribution in [0.3, 0.4) is 0 Å². The minimum atomic E-state index is -2.59. The fourth-order valence-corrected chi connectivity index (χ4v) is 5.74. The molecule has 3 aliphatic carbocycles. The third-order valence-electron chi connectivity index (χ3n) is 7.34. The lowest BCUT2D eigenvalue weighted by Crippen LogP contribution is -2.63. The summed E-state index contributed by atoms with van der Waals surface area (Å²) in [5.41, 5.74) is 2.86. The topological polar surface area (TPSA) is 188 Å². The maximum absolute atomic E-state index is 13.7. The highest BCUT2D eigenvalue weighted by atomic mass is 16.5. The van der Waals surface area contributed by atoms with E-state index in [1.807, 2.05) is 0 Å². The number of anilines is 1. The number of aromatic hydroxyl groups is 1. The third-order valence-corrected chi connectivity index (χ3v) is 7.34. The largest absolute Gasteiger partial charge is 0.508 e. The van der Waals surface area contributed by atoms with E-state index in [0.29, 0.717) is 11.3 Å². The van der Waals surface area contributed by atoms with Crippen molar-refractivity contribution in [3.05, 3.63) is 34.1 Å². The Kier molecular flexibility index (Phi) is 5.89. The number of phenolic OH excluding ortho intramolecular Hbond substituents is 1. The molecule has 0 radical (unpaired) electrons. The molecule has 1 saturated carbocycles. The molecule has 5 atom stereocenters. The summed E-state index contributed by atoms with van der Waals surface area (Å²) in [5, 5.41) is 43.7. The number of rotatable bonds is 4. The van der Waals surface area contributed by atoms with Gasteiger partial charge in [-0.1, -0.05) is 0 Å². The quantitative estimate of drug-likeness (QED) is 0.285. The van der Waals surface area contributed by atoms with Crippen LogP contribution >= 0.6 is 0 Å². The van der Waals surface area contributed by atoms with Gasteiger partial charge in [-0.05, 0) is 43.7 Å². The highest BCUT2D eigenvalue weighted by Gasteiger charge is 2.62. The molecule has 0 aliphatic heterocycles. The molecule has 3 aliphatic rings. The van der Waals surface area contributed by atoms with Crippen LogP contribution in [0.15, 0.2) is 17.4 Å². The van der Waals surface area contributed by atoms with Gasteiger partial charge >= 0.3 is 5.97 Å². The second-order valence-electron chi connectivity index (χ2n) is 9.50. The number of ether oxygens (including phenoxy) is 1. The van der Waals surface area contributed by atoms with Gasteiger partial charge in [-0.2, -0.15) is 0 Å². The molecule has 1 aromatic carbocycles. The fraction of sp³-hybridized carbons (Fsp3) is 0.500. The number of carbonyl (C=O) groups is 4. The summed E-state index contributed by atoms with van der Waals surface area (Å²) in [6.45, 7) is 1.63. The molecule has 1 amide bonds. The number of esters is 1. The first-order valence-corrected chi connectivity index (χ1v) is 11.3. The van der Waals surface area contributed by atoms with Crippen LogP contribution in [0.25, 0.3) is 0 Å². The molecule has 2 unspecified atom stereocenters. The number of phenols is 1. The van der Waals surface area contributed by atoms with Crippen molar-refractivity contribution in [2.24, 2.45) is 23.5 Å². The highest BCUT2D eigenvalue weighted by Crippen LogP contribution is 2.52. The van der Waals surface area contributed by atoms with E-state index in [4.69, 9.17) is 10.5 Å². The number of fused-ring (bicyclic) bond motifs is 3. The van der Waals surface area contributed by atoms with Crippen LogP contribution in [0, 0.1) is 17.8 Å². The lowest BCUT2D eigenvalue weighted by molar-refractivity contribution is -0.167. The Balaban J connectivity index is 1.92. The number of amides is 1. The average Bonchev–Trinajstić information content (AvgIpc) is 2.76. The smallest absolute Gasteiger partial charge is 0.342 e. The Bertz CT molecular complexity index is 1190. The molecule has 0 aromatic heterocycles. The van der Waals surface area contributed by atoms with Crippen molar-refractivity contribution in [3.8, 4) is 5.75 Å². The van der Waals surface area contributed by atoms with Gasteiger partial charge in [-0.15, -0.1) is 0 Å². The Morgan fingerprint density at radius 3 is 2.46 bits per heavy atom. The molecule has 1 aromatic rings. The average molecular weight is 488 g/mol. The molecule has 4 rings (SSSR count). The van der Waals surface area contributed by atoms with Crippen LogP contribution in [0.4, 0.5) is 5.69 Å². The van der Waals surface area contributed by atoms with Gasteiger partial charge in [0.25, 0.3) is 0 Å². The van der Waals surface area contributed by atoms with Gasteiger partial charge in [-0.3, -0.25) is 14.4 Å². The van der Waals surface area contributed by atoms with Crippen LogP contribution in [0.2, 0.25) is 0 Å². The molecule has 0 saturated heterocycles. The summed E-state index contributed by atoms with van der Waals surface area (Å²) in [7, 11) is 3.41. The zero-order valence-electron chi connectivity index (χ0n) is 19.6. The number of allylic oxidation sites excluding steroid dienone is 1.